The van der Waals surface area contributed by atoms with Gasteiger partial charge in [-0.25, -0.2) is 8.42 Å². The van der Waals surface area contributed by atoms with Gasteiger partial charge in [0, 0.05) is 17.3 Å². The molecule has 2 aromatic rings. The highest BCUT2D eigenvalue weighted by Crippen LogP contribution is 2.16. The van der Waals surface area contributed by atoms with Crippen LogP contribution < -0.4 is 4.72 Å². The average molecular weight is 416 g/mol. The molecule has 0 saturated heterocycles. The predicted molar refractivity (Wildman–Crippen MR) is 107 cm³/mol. The molecule has 26 heavy (non-hydrogen) atoms. The van der Waals surface area contributed by atoms with Crippen LogP contribution in [0.1, 0.15) is 11.5 Å². The Balaban J connectivity index is 1.68. The number of thioether (sulfide) groups is 1. The van der Waals surface area contributed by atoms with Gasteiger partial charge in [0.2, 0.25) is 0 Å². The molecule has 1 aromatic heterocycles. The van der Waals surface area contributed by atoms with Gasteiger partial charge in [-0.1, -0.05) is 11.6 Å². The third-order valence-corrected chi connectivity index (χ3v) is 5.74. The van der Waals surface area contributed by atoms with Crippen LogP contribution >= 0.6 is 23.4 Å². The van der Waals surface area contributed by atoms with E-state index in [1.54, 1.807) is 11.8 Å². The van der Waals surface area contributed by atoms with Gasteiger partial charge in [0.25, 0.3) is 10.0 Å². The highest BCUT2D eigenvalue weighted by molar-refractivity contribution is 7.98. The van der Waals surface area contributed by atoms with Crippen LogP contribution in [0.25, 0.3) is 0 Å². The molecule has 0 unspecified atom stereocenters. The van der Waals surface area contributed by atoms with E-state index < -0.39 is 10.0 Å². The van der Waals surface area contributed by atoms with Crippen LogP contribution in [0.15, 0.2) is 50.7 Å². The second-order valence-corrected chi connectivity index (χ2v) is 9.02. The minimum absolute atomic E-state index is 0.147. The molecule has 0 bridgehead atoms. The lowest BCUT2D eigenvalue weighted by Gasteiger charge is -2.05. The number of halogens is 1. The zero-order valence-corrected chi connectivity index (χ0v) is 17.1. The van der Waals surface area contributed by atoms with E-state index in [0.29, 0.717) is 11.6 Å². The van der Waals surface area contributed by atoms with Crippen LogP contribution in [-0.4, -0.2) is 46.0 Å². The Morgan fingerprint density at radius 3 is 2.58 bits per heavy atom. The number of nitrogens with one attached hydrogen (secondary N) is 1. The first kappa shape index (κ1) is 20.8. The molecule has 142 valence electrons. The summed E-state index contributed by atoms with van der Waals surface area (Å²) >= 11 is 7.43. The second-order valence-electron chi connectivity index (χ2n) is 5.77. The van der Waals surface area contributed by atoms with Crippen molar-refractivity contribution >= 4 is 39.7 Å². The topological polar surface area (TPSA) is 74.9 Å². The lowest BCUT2D eigenvalue weighted by Crippen LogP contribution is -2.22. The molecule has 0 aliphatic rings. The third-order valence-electron chi connectivity index (χ3n) is 3.22. The molecule has 0 fully saturated rings. The van der Waals surface area contributed by atoms with Crippen LogP contribution in [0, 0.1) is 0 Å². The number of rotatable bonds is 10. The molecule has 6 nitrogen and oxygen atoms in total. The molecule has 0 radical (unpaired) electrons. The number of hydrogen-bond acceptors (Lipinski definition) is 6. The maximum atomic E-state index is 12.0. The molecule has 0 amide bonds. The zero-order chi connectivity index (χ0) is 19.0. The summed E-state index contributed by atoms with van der Waals surface area (Å²) in [5.41, 5.74) is 0. The van der Waals surface area contributed by atoms with Crippen molar-refractivity contribution in [2.24, 2.45) is 4.99 Å². The highest BCUT2D eigenvalue weighted by Gasteiger charge is 2.11. The van der Waals surface area contributed by atoms with Crippen molar-refractivity contribution in [2.45, 2.75) is 17.2 Å². The normalized spacial score (nSPS) is 12.2. The smallest absolute Gasteiger partial charge is 0.262 e. The Bertz CT molecular complexity index is 818. The molecule has 9 heteroatoms. The molecule has 2 rings (SSSR count). The van der Waals surface area contributed by atoms with Gasteiger partial charge in [0.05, 0.1) is 23.5 Å². The molecule has 1 N–H and O–H groups in total. The van der Waals surface area contributed by atoms with Crippen molar-refractivity contribution in [1.82, 2.24) is 9.62 Å². The van der Waals surface area contributed by atoms with E-state index in [-0.39, 0.29) is 4.90 Å². The van der Waals surface area contributed by atoms with Crippen LogP contribution in [0.3, 0.4) is 0 Å². The lowest BCUT2D eigenvalue weighted by atomic mass is 10.4. The Hall–Kier alpha value is -1.48. The first-order chi connectivity index (χ1) is 12.4. The fraction of sp³-hybridized carbons (Fsp3) is 0.353. The van der Waals surface area contributed by atoms with E-state index >= 15 is 0 Å². The summed E-state index contributed by atoms with van der Waals surface area (Å²) in [7, 11) is 0.389. The summed E-state index contributed by atoms with van der Waals surface area (Å²) in [5, 5.41) is 0.486. The Morgan fingerprint density at radius 2 is 1.88 bits per heavy atom. The van der Waals surface area contributed by atoms with E-state index in [2.05, 4.69) is 14.6 Å². The zero-order valence-electron chi connectivity index (χ0n) is 14.7. The molecule has 0 atom stereocenters. The number of hydrogen-bond donors (Lipinski definition) is 1. The van der Waals surface area contributed by atoms with Gasteiger partial charge >= 0.3 is 0 Å². The number of furan rings is 1. The van der Waals surface area contributed by atoms with Gasteiger partial charge in [-0.2, -0.15) is 11.8 Å². The second kappa shape index (κ2) is 10.0. The molecule has 0 aliphatic carbocycles. The van der Waals surface area contributed by atoms with Gasteiger partial charge < -0.3 is 9.32 Å². The van der Waals surface area contributed by atoms with Crippen LogP contribution in [0.4, 0.5) is 0 Å². The van der Waals surface area contributed by atoms with E-state index in [1.165, 1.54) is 30.6 Å². The average Bonchev–Trinajstić information content (AvgIpc) is 3.01. The highest BCUT2D eigenvalue weighted by atomic mass is 35.5. The van der Waals surface area contributed by atoms with Gasteiger partial charge in [-0.3, -0.25) is 9.71 Å². The van der Waals surface area contributed by atoms with Crippen molar-refractivity contribution in [3.63, 3.8) is 0 Å². The standard InChI is InChI=1S/C17H22ClN3O3S2/c1-21(2)11-15-5-6-16(24-15)12-25-10-9-19-13-20-26(22,23)17-7-3-14(18)4-8-17/h3-8,13H,9-12H2,1-2H3,(H,19,20). The SMILES string of the molecule is CN(C)Cc1ccc(CSCCN=CNS(=O)(=O)c2ccc(Cl)cc2)o1. The first-order valence-corrected chi connectivity index (χ1v) is 10.9. The number of aliphatic imine (C=N–C) groups is 1. The summed E-state index contributed by atoms with van der Waals surface area (Å²) in [6, 6.07) is 9.92. The molecular weight excluding hydrogens is 394 g/mol. The Labute approximate surface area is 163 Å². The molecule has 0 aliphatic heterocycles. The largest absolute Gasteiger partial charge is 0.464 e. The Morgan fingerprint density at radius 1 is 1.19 bits per heavy atom. The van der Waals surface area contributed by atoms with E-state index in [1.807, 2.05) is 26.2 Å². The van der Waals surface area contributed by atoms with Crippen molar-refractivity contribution in [3.8, 4) is 0 Å². The van der Waals surface area contributed by atoms with Crippen LogP contribution in [-0.2, 0) is 22.3 Å². The van der Waals surface area contributed by atoms with E-state index in [0.717, 1.165) is 29.6 Å². The number of nitrogens with zero attached hydrogens (tertiary/aromatic N) is 2. The van der Waals surface area contributed by atoms with Crippen LogP contribution in [0.2, 0.25) is 5.02 Å². The summed E-state index contributed by atoms with van der Waals surface area (Å²) in [5.74, 6) is 3.40. The van der Waals surface area contributed by atoms with E-state index in [9.17, 15) is 8.42 Å². The first-order valence-electron chi connectivity index (χ1n) is 7.93. The van der Waals surface area contributed by atoms with Crippen molar-refractivity contribution in [2.75, 3.05) is 26.4 Å². The lowest BCUT2D eigenvalue weighted by molar-refractivity contribution is 0.344. The summed E-state index contributed by atoms with van der Waals surface area (Å²) < 4.78 is 32.1. The third kappa shape index (κ3) is 7.03. The van der Waals surface area contributed by atoms with Gasteiger partial charge in [0.15, 0.2) is 0 Å². The van der Waals surface area contributed by atoms with Crippen molar-refractivity contribution < 1.29 is 12.8 Å². The summed E-state index contributed by atoms with van der Waals surface area (Å²) in [6.45, 7) is 1.29. The van der Waals surface area contributed by atoms with Crippen molar-refractivity contribution in [3.05, 3.63) is 52.9 Å². The molecule has 1 aromatic carbocycles. The maximum absolute atomic E-state index is 12.0. The van der Waals surface area contributed by atoms with Crippen LogP contribution in [0.5, 0.6) is 0 Å². The van der Waals surface area contributed by atoms with Gasteiger partial charge in [-0.05, 0) is 50.5 Å². The maximum Gasteiger partial charge on any atom is 0.262 e. The fourth-order valence-electron chi connectivity index (χ4n) is 2.04. The molecule has 0 spiro atoms. The number of sulfonamides is 1. The molecular formula is C17H22ClN3O3S2. The van der Waals surface area contributed by atoms with Gasteiger partial charge in [-0.15, -0.1) is 0 Å². The summed E-state index contributed by atoms with van der Waals surface area (Å²) in [6.07, 6.45) is 1.21. The van der Waals surface area contributed by atoms with Gasteiger partial charge in [0.1, 0.15) is 11.5 Å². The molecule has 0 saturated carbocycles. The minimum Gasteiger partial charge on any atom is -0.464 e. The fourth-order valence-corrected chi connectivity index (χ4v) is 3.74. The predicted octanol–water partition coefficient (Wildman–Crippen LogP) is 3.23. The monoisotopic (exact) mass is 415 g/mol. The minimum atomic E-state index is -3.60. The molecule has 1 heterocycles. The quantitative estimate of drug-likeness (QED) is 0.366. The van der Waals surface area contributed by atoms with Crippen molar-refractivity contribution in [1.29, 1.82) is 0 Å². The summed E-state index contributed by atoms with van der Waals surface area (Å²) in [4.78, 5) is 6.27. The van der Waals surface area contributed by atoms with E-state index in [4.69, 9.17) is 16.0 Å². The Kier molecular flexibility index (Phi) is 8.02. The number of benzene rings is 1.